The number of aromatic carboxylic acids is 1. The number of hydrogen-bond acceptors (Lipinski definition) is 4. The highest BCUT2D eigenvalue weighted by Crippen LogP contribution is 2.37. The van der Waals surface area contributed by atoms with Gasteiger partial charge < -0.3 is 19.3 Å². The van der Waals surface area contributed by atoms with Gasteiger partial charge in [0.1, 0.15) is 11.3 Å². The van der Waals surface area contributed by atoms with Gasteiger partial charge in [-0.2, -0.15) is 0 Å². The fourth-order valence-corrected chi connectivity index (χ4v) is 2.41. The Morgan fingerprint density at radius 3 is 2.85 bits per heavy atom. The quantitative estimate of drug-likeness (QED) is 0.748. The van der Waals surface area contributed by atoms with E-state index in [0.29, 0.717) is 5.56 Å². The molecule has 0 saturated heterocycles. The topological polar surface area (TPSA) is 88.5 Å². The normalized spacial score (nSPS) is 11.1. The molecule has 0 aliphatic heterocycles. The fourth-order valence-electron chi connectivity index (χ4n) is 2.41. The third-order valence-electron chi connectivity index (χ3n) is 3.50. The van der Waals surface area contributed by atoms with Crippen molar-refractivity contribution in [3.05, 3.63) is 35.7 Å². The Labute approximate surface area is 113 Å². The van der Waals surface area contributed by atoms with Crippen LogP contribution in [0.3, 0.4) is 0 Å². The van der Waals surface area contributed by atoms with Crippen LogP contribution in [0.5, 0.6) is 5.75 Å². The van der Waals surface area contributed by atoms with Gasteiger partial charge in [-0.25, -0.2) is 4.79 Å². The number of nitrogens with zero attached hydrogens (tertiary/aromatic N) is 2. The molecular formula is C14H12N2O4. The zero-order valence-electron chi connectivity index (χ0n) is 10.9. The van der Waals surface area contributed by atoms with E-state index in [1.165, 1.54) is 6.20 Å². The minimum atomic E-state index is -1.09. The van der Waals surface area contributed by atoms with Crippen molar-refractivity contribution in [3.8, 4) is 17.1 Å². The highest BCUT2D eigenvalue weighted by molar-refractivity contribution is 6.03. The van der Waals surface area contributed by atoms with E-state index in [4.69, 9.17) is 4.52 Å². The number of phenols is 1. The van der Waals surface area contributed by atoms with Crippen molar-refractivity contribution in [1.82, 2.24) is 9.72 Å². The number of carbonyl (C=O) groups is 1. The largest absolute Gasteiger partial charge is 0.508 e. The van der Waals surface area contributed by atoms with Crippen LogP contribution in [-0.4, -0.2) is 25.9 Å². The zero-order valence-corrected chi connectivity index (χ0v) is 10.9. The van der Waals surface area contributed by atoms with E-state index in [-0.39, 0.29) is 17.1 Å². The van der Waals surface area contributed by atoms with Crippen molar-refractivity contribution in [3.63, 3.8) is 0 Å². The Morgan fingerprint density at radius 2 is 2.15 bits per heavy atom. The molecule has 3 rings (SSSR count). The zero-order chi connectivity index (χ0) is 14.4. The maximum Gasteiger partial charge on any atom is 0.341 e. The number of rotatable bonds is 2. The van der Waals surface area contributed by atoms with E-state index in [2.05, 4.69) is 5.16 Å². The number of fused-ring (bicyclic) bond motifs is 1. The van der Waals surface area contributed by atoms with E-state index in [0.717, 1.165) is 16.6 Å². The SMILES string of the molecule is Cc1c(-c2oncc2C(=O)O)c2ccc(O)cc2n1C. The van der Waals surface area contributed by atoms with Crippen LogP contribution in [0.1, 0.15) is 16.1 Å². The molecule has 0 unspecified atom stereocenters. The number of aryl methyl sites for hydroxylation is 1. The predicted molar refractivity (Wildman–Crippen MR) is 71.8 cm³/mol. The molecule has 0 atom stereocenters. The average molecular weight is 272 g/mol. The van der Waals surface area contributed by atoms with E-state index in [9.17, 15) is 15.0 Å². The molecule has 6 heteroatoms. The highest BCUT2D eigenvalue weighted by Gasteiger charge is 2.23. The van der Waals surface area contributed by atoms with Crippen LogP contribution >= 0.6 is 0 Å². The summed E-state index contributed by atoms with van der Waals surface area (Å²) in [6.07, 6.45) is 1.19. The Hall–Kier alpha value is -2.76. The van der Waals surface area contributed by atoms with Crippen molar-refractivity contribution >= 4 is 16.9 Å². The first-order valence-corrected chi connectivity index (χ1v) is 5.97. The summed E-state index contributed by atoms with van der Waals surface area (Å²) in [6.45, 7) is 1.86. The number of phenolic OH excluding ortho intramolecular Hbond substituents is 1. The Balaban J connectivity index is 2.39. The van der Waals surface area contributed by atoms with Crippen LogP contribution < -0.4 is 0 Å². The second-order valence-corrected chi connectivity index (χ2v) is 4.59. The number of hydrogen-bond donors (Lipinski definition) is 2. The average Bonchev–Trinajstić information content (AvgIpc) is 2.96. The number of aromatic hydroxyl groups is 1. The van der Waals surface area contributed by atoms with Crippen molar-refractivity contribution in [2.75, 3.05) is 0 Å². The number of aromatic nitrogens is 2. The van der Waals surface area contributed by atoms with Gasteiger partial charge in [-0.05, 0) is 19.1 Å². The third-order valence-corrected chi connectivity index (χ3v) is 3.50. The molecule has 0 radical (unpaired) electrons. The minimum absolute atomic E-state index is 0.0219. The molecule has 0 aliphatic carbocycles. The molecule has 2 aromatic heterocycles. The molecule has 2 N–H and O–H groups in total. The van der Waals surface area contributed by atoms with Crippen molar-refractivity contribution in [2.24, 2.45) is 7.05 Å². The van der Waals surface area contributed by atoms with Crippen LogP contribution in [0, 0.1) is 6.92 Å². The van der Waals surface area contributed by atoms with E-state index < -0.39 is 5.97 Å². The maximum atomic E-state index is 11.2. The summed E-state index contributed by atoms with van der Waals surface area (Å²) >= 11 is 0. The van der Waals surface area contributed by atoms with Gasteiger partial charge in [0.25, 0.3) is 0 Å². The van der Waals surface area contributed by atoms with Gasteiger partial charge in [0.15, 0.2) is 5.76 Å². The van der Waals surface area contributed by atoms with Crippen LogP contribution in [-0.2, 0) is 7.05 Å². The van der Waals surface area contributed by atoms with E-state index >= 15 is 0 Å². The molecule has 0 fully saturated rings. The van der Waals surface area contributed by atoms with Crippen LogP contribution in [0.25, 0.3) is 22.2 Å². The molecule has 3 aromatic rings. The Kier molecular flexibility index (Phi) is 2.53. The van der Waals surface area contributed by atoms with Crippen molar-refractivity contribution in [2.45, 2.75) is 6.92 Å². The fraction of sp³-hybridized carbons (Fsp3) is 0.143. The molecule has 0 bridgehead atoms. The van der Waals surface area contributed by atoms with Gasteiger partial charge >= 0.3 is 5.97 Å². The van der Waals surface area contributed by atoms with Gasteiger partial charge in [0, 0.05) is 29.8 Å². The summed E-state index contributed by atoms with van der Waals surface area (Å²) in [6, 6.07) is 4.92. The monoisotopic (exact) mass is 272 g/mol. The number of benzene rings is 1. The summed E-state index contributed by atoms with van der Waals surface area (Å²) in [5, 5.41) is 23.2. The molecule has 1 aromatic carbocycles. The van der Waals surface area contributed by atoms with Crippen molar-refractivity contribution < 1.29 is 19.5 Å². The lowest BCUT2D eigenvalue weighted by atomic mass is 10.1. The summed E-state index contributed by atoms with van der Waals surface area (Å²) in [5.41, 5.74) is 2.33. The maximum absolute atomic E-state index is 11.2. The van der Waals surface area contributed by atoms with E-state index in [1.54, 1.807) is 18.2 Å². The first-order valence-electron chi connectivity index (χ1n) is 5.97. The van der Waals surface area contributed by atoms with Crippen LogP contribution in [0.2, 0.25) is 0 Å². The van der Waals surface area contributed by atoms with E-state index in [1.807, 2.05) is 18.5 Å². The summed E-state index contributed by atoms with van der Waals surface area (Å²) in [4.78, 5) is 11.2. The van der Waals surface area contributed by atoms with Gasteiger partial charge in [0.2, 0.25) is 0 Å². The Bertz CT molecular complexity index is 829. The second-order valence-electron chi connectivity index (χ2n) is 4.59. The first-order chi connectivity index (χ1) is 9.50. The molecule has 0 aliphatic rings. The van der Waals surface area contributed by atoms with Crippen molar-refractivity contribution in [1.29, 1.82) is 0 Å². The molecule has 0 amide bonds. The Morgan fingerprint density at radius 1 is 1.40 bits per heavy atom. The molecular weight excluding hydrogens is 260 g/mol. The summed E-state index contributed by atoms with van der Waals surface area (Å²) in [7, 11) is 1.84. The minimum Gasteiger partial charge on any atom is -0.508 e. The van der Waals surface area contributed by atoms with Gasteiger partial charge in [-0.3, -0.25) is 0 Å². The molecule has 102 valence electrons. The summed E-state index contributed by atoms with van der Waals surface area (Å²) < 4.78 is 7.01. The standard InChI is InChI=1S/C14H12N2O4/c1-7-12(13-10(14(18)19)6-15-20-13)9-4-3-8(17)5-11(9)16(7)2/h3-6,17H,1-2H3,(H,18,19). The molecule has 20 heavy (non-hydrogen) atoms. The number of carboxylic acids is 1. The molecule has 0 spiro atoms. The molecule has 0 saturated carbocycles. The van der Waals surface area contributed by atoms with Gasteiger partial charge in [-0.1, -0.05) is 5.16 Å². The lowest BCUT2D eigenvalue weighted by Gasteiger charge is -1.99. The number of carboxylic acid groups (broad SMARTS) is 1. The summed E-state index contributed by atoms with van der Waals surface area (Å²) in [5.74, 6) is -0.705. The highest BCUT2D eigenvalue weighted by atomic mass is 16.5. The molecule has 6 nitrogen and oxygen atoms in total. The second kappa shape index (κ2) is 4.12. The smallest absolute Gasteiger partial charge is 0.341 e. The first kappa shape index (κ1) is 12.3. The lowest BCUT2D eigenvalue weighted by Crippen LogP contribution is -1.97. The van der Waals surface area contributed by atoms with Crippen LogP contribution in [0.15, 0.2) is 28.9 Å². The van der Waals surface area contributed by atoms with Gasteiger partial charge in [0.05, 0.1) is 11.7 Å². The lowest BCUT2D eigenvalue weighted by molar-refractivity contribution is 0.0697. The third kappa shape index (κ3) is 1.58. The molecule has 2 heterocycles. The predicted octanol–water partition coefficient (Wildman–Crippen LogP) is 2.55. The van der Waals surface area contributed by atoms with Gasteiger partial charge in [-0.15, -0.1) is 0 Å². The van der Waals surface area contributed by atoms with Crippen LogP contribution in [0.4, 0.5) is 0 Å².